The van der Waals surface area contributed by atoms with E-state index in [0.717, 1.165) is 24.0 Å². The fraction of sp³-hybridized carbons (Fsp3) is 0.529. The molecule has 1 saturated carbocycles. The molecule has 0 aromatic heterocycles. The van der Waals surface area contributed by atoms with E-state index in [-0.39, 0.29) is 11.4 Å². The molecule has 0 unspecified atom stereocenters. The molecule has 22 heavy (non-hydrogen) atoms. The zero-order valence-electron chi connectivity index (χ0n) is 13.3. The van der Waals surface area contributed by atoms with Crippen molar-refractivity contribution >= 4 is 10.0 Å². The Balaban J connectivity index is 1.97. The highest BCUT2D eigenvalue weighted by Gasteiger charge is 2.50. The largest absolute Gasteiger partial charge is 0.387 e. The number of benzene rings is 1. The Bertz CT molecular complexity index is 700. The van der Waals surface area contributed by atoms with Crippen LogP contribution in [0.4, 0.5) is 0 Å². The molecule has 3 rings (SSSR count). The topological polar surface area (TPSA) is 57.6 Å². The first-order valence-electron chi connectivity index (χ1n) is 7.71. The first-order valence-corrected chi connectivity index (χ1v) is 9.15. The standard InChI is InChI=1S/C17H23NO3S/c1-12-4-8-15(9-5-12)22(20,21)18-11-14(10-13-6-7-13)16(19)17(18,2)3/h4-5,8-10,13,16,19H,6-7,11H2,1-3H3/b14-10-/t16-/m1/s1. The number of hydrogen-bond acceptors (Lipinski definition) is 3. The summed E-state index contributed by atoms with van der Waals surface area (Å²) in [5, 5.41) is 10.5. The lowest BCUT2D eigenvalue weighted by atomic mass is 9.96. The molecule has 1 N–H and O–H groups in total. The molecular weight excluding hydrogens is 298 g/mol. The molecular formula is C17H23NO3S. The fourth-order valence-electron chi connectivity index (χ4n) is 2.99. The van der Waals surface area contributed by atoms with Crippen LogP contribution in [0.15, 0.2) is 40.8 Å². The molecule has 1 saturated heterocycles. The maximum Gasteiger partial charge on any atom is 0.243 e. The van der Waals surface area contributed by atoms with Crippen LogP contribution in [0.5, 0.6) is 0 Å². The average molecular weight is 321 g/mol. The summed E-state index contributed by atoms with van der Waals surface area (Å²) < 4.78 is 27.3. The summed E-state index contributed by atoms with van der Waals surface area (Å²) in [6, 6.07) is 6.87. The molecule has 1 aliphatic heterocycles. The third kappa shape index (κ3) is 2.62. The molecule has 2 fully saturated rings. The van der Waals surface area contributed by atoms with Gasteiger partial charge in [-0.1, -0.05) is 23.8 Å². The second-order valence-corrected chi connectivity index (χ2v) is 8.82. The summed E-state index contributed by atoms with van der Waals surface area (Å²) >= 11 is 0. The molecule has 1 atom stereocenters. The van der Waals surface area contributed by atoms with Crippen LogP contribution in [0.1, 0.15) is 32.3 Å². The molecule has 4 nitrogen and oxygen atoms in total. The number of nitrogens with zero attached hydrogens (tertiary/aromatic N) is 1. The number of rotatable bonds is 3. The predicted octanol–water partition coefficient (Wildman–Crippen LogP) is 2.48. The number of aryl methyl sites for hydroxylation is 1. The molecule has 1 heterocycles. The van der Waals surface area contributed by atoms with Crippen molar-refractivity contribution in [3.63, 3.8) is 0 Å². The van der Waals surface area contributed by atoms with E-state index < -0.39 is 21.7 Å². The quantitative estimate of drug-likeness (QED) is 0.870. The van der Waals surface area contributed by atoms with Gasteiger partial charge >= 0.3 is 0 Å². The van der Waals surface area contributed by atoms with Crippen molar-refractivity contribution in [1.29, 1.82) is 0 Å². The van der Waals surface area contributed by atoms with E-state index in [1.807, 2.05) is 6.92 Å². The molecule has 0 bridgehead atoms. The lowest BCUT2D eigenvalue weighted by Crippen LogP contribution is -2.47. The fourth-order valence-corrected chi connectivity index (χ4v) is 4.76. The van der Waals surface area contributed by atoms with E-state index in [1.165, 1.54) is 4.31 Å². The summed E-state index contributed by atoms with van der Waals surface area (Å²) in [5.41, 5.74) is 1.03. The number of hydrogen-bond donors (Lipinski definition) is 1. The van der Waals surface area contributed by atoms with Gasteiger partial charge in [0.2, 0.25) is 10.0 Å². The Hall–Kier alpha value is -1.17. The molecule has 0 radical (unpaired) electrons. The van der Waals surface area contributed by atoms with Crippen LogP contribution in [0.2, 0.25) is 0 Å². The minimum absolute atomic E-state index is 0.279. The van der Waals surface area contributed by atoms with E-state index in [2.05, 4.69) is 6.08 Å². The Morgan fingerprint density at radius 2 is 1.82 bits per heavy atom. The highest BCUT2D eigenvalue weighted by Crippen LogP contribution is 2.40. The van der Waals surface area contributed by atoms with Crippen LogP contribution in [0, 0.1) is 12.8 Å². The monoisotopic (exact) mass is 321 g/mol. The van der Waals surface area contributed by atoms with Crippen molar-refractivity contribution in [2.45, 2.75) is 50.2 Å². The molecule has 1 aliphatic carbocycles. The molecule has 0 amide bonds. The highest BCUT2D eigenvalue weighted by atomic mass is 32.2. The summed E-state index contributed by atoms with van der Waals surface area (Å²) in [4.78, 5) is 0.283. The number of aliphatic hydroxyl groups is 1. The van der Waals surface area contributed by atoms with Crippen LogP contribution < -0.4 is 0 Å². The van der Waals surface area contributed by atoms with E-state index in [9.17, 15) is 13.5 Å². The lowest BCUT2D eigenvalue weighted by Gasteiger charge is -2.32. The normalized spacial score (nSPS) is 27.5. The van der Waals surface area contributed by atoms with Crippen molar-refractivity contribution in [3.05, 3.63) is 41.5 Å². The van der Waals surface area contributed by atoms with Gasteiger partial charge < -0.3 is 5.11 Å². The van der Waals surface area contributed by atoms with Crippen LogP contribution >= 0.6 is 0 Å². The predicted molar refractivity (Wildman–Crippen MR) is 86.0 cm³/mol. The third-order valence-electron chi connectivity index (χ3n) is 4.67. The van der Waals surface area contributed by atoms with Crippen molar-refractivity contribution in [1.82, 2.24) is 4.31 Å². The number of allylic oxidation sites excluding steroid dienone is 1. The first kappa shape index (κ1) is 15.7. The van der Waals surface area contributed by atoms with Gasteiger partial charge in [-0.25, -0.2) is 8.42 Å². The Morgan fingerprint density at radius 3 is 2.36 bits per heavy atom. The number of aliphatic hydroxyl groups excluding tert-OH is 1. The van der Waals surface area contributed by atoms with Crippen molar-refractivity contribution in [3.8, 4) is 0 Å². The van der Waals surface area contributed by atoms with Gasteiger partial charge in [0, 0.05) is 6.54 Å². The van der Waals surface area contributed by atoms with Crippen molar-refractivity contribution in [2.24, 2.45) is 5.92 Å². The summed E-state index contributed by atoms with van der Waals surface area (Å²) in [6.07, 6.45) is 3.60. The highest BCUT2D eigenvalue weighted by molar-refractivity contribution is 7.89. The van der Waals surface area contributed by atoms with E-state index >= 15 is 0 Å². The van der Waals surface area contributed by atoms with Gasteiger partial charge in [0.25, 0.3) is 0 Å². The molecule has 1 aromatic rings. The SMILES string of the molecule is Cc1ccc(S(=O)(=O)N2C/C(=C/C3CC3)[C@@H](O)C2(C)C)cc1. The summed E-state index contributed by atoms with van der Waals surface area (Å²) in [7, 11) is -3.61. The molecule has 120 valence electrons. The lowest BCUT2D eigenvalue weighted by molar-refractivity contribution is 0.106. The first-order chi connectivity index (χ1) is 10.2. The second kappa shape index (κ2) is 5.18. The van der Waals surface area contributed by atoms with Crippen LogP contribution in [0.3, 0.4) is 0 Å². The summed E-state index contributed by atoms with van der Waals surface area (Å²) in [5.74, 6) is 0.516. The van der Waals surface area contributed by atoms with Gasteiger partial charge in [-0.15, -0.1) is 0 Å². The van der Waals surface area contributed by atoms with Crippen LogP contribution in [-0.2, 0) is 10.0 Å². The van der Waals surface area contributed by atoms with Gasteiger partial charge in [-0.05, 0) is 57.2 Å². The van der Waals surface area contributed by atoms with Gasteiger partial charge in [0.05, 0.1) is 16.5 Å². The minimum atomic E-state index is -3.61. The van der Waals surface area contributed by atoms with Gasteiger partial charge in [0.1, 0.15) is 0 Å². The Morgan fingerprint density at radius 1 is 1.23 bits per heavy atom. The number of sulfonamides is 1. The van der Waals surface area contributed by atoms with E-state index in [4.69, 9.17) is 0 Å². The third-order valence-corrected chi connectivity index (χ3v) is 6.72. The van der Waals surface area contributed by atoms with E-state index in [0.29, 0.717) is 5.92 Å². The van der Waals surface area contributed by atoms with E-state index in [1.54, 1.807) is 38.1 Å². The van der Waals surface area contributed by atoms with Gasteiger partial charge in [-0.2, -0.15) is 4.31 Å². The molecule has 2 aliphatic rings. The van der Waals surface area contributed by atoms with Gasteiger partial charge in [-0.3, -0.25) is 0 Å². The zero-order chi connectivity index (χ0) is 16.1. The average Bonchev–Trinajstić information content (AvgIpc) is 3.22. The van der Waals surface area contributed by atoms with Crippen LogP contribution in [-0.4, -0.2) is 36.0 Å². The minimum Gasteiger partial charge on any atom is -0.387 e. The Kier molecular flexibility index (Phi) is 3.70. The van der Waals surface area contributed by atoms with Gasteiger partial charge in [0.15, 0.2) is 0 Å². The Labute approximate surface area is 132 Å². The smallest absolute Gasteiger partial charge is 0.243 e. The second-order valence-electron chi connectivity index (χ2n) is 6.96. The maximum absolute atomic E-state index is 12.9. The maximum atomic E-state index is 12.9. The molecule has 0 spiro atoms. The summed E-state index contributed by atoms with van der Waals surface area (Å²) in [6.45, 7) is 5.78. The van der Waals surface area contributed by atoms with Crippen molar-refractivity contribution < 1.29 is 13.5 Å². The van der Waals surface area contributed by atoms with Crippen LogP contribution in [0.25, 0.3) is 0 Å². The zero-order valence-corrected chi connectivity index (χ0v) is 14.1. The molecule has 5 heteroatoms. The molecule has 1 aromatic carbocycles. The van der Waals surface area contributed by atoms with Crippen molar-refractivity contribution in [2.75, 3.05) is 6.54 Å².